The molecule has 0 amide bonds. The predicted octanol–water partition coefficient (Wildman–Crippen LogP) is 7.78. The maximum absolute atomic E-state index is 14.9. The molecule has 0 unspecified atom stereocenters. The average Bonchev–Trinajstić information content (AvgIpc) is 3.07. The Kier molecular flexibility index (Phi) is 6.44. The lowest BCUT2D eigenvalue weighted by Crippen LogP contribution is -2.41. The Bertz CT molecular complexity index is 1300. The summed E-state index contributed by atoms with van der Waals surface area (Å²) < 4.78 is 32.4. The number of benzene rings is 3. The predicted molar refractivity (Wildman–Crippen MR) is 135 cm³/mol. The zero-order valence-corrected chi connectivity index (χ0v) is 21.1. The van der Waals surface area contributed by atoms with E-state index in [-0.39, 0.29) is 0 Å². The molecule has 3 aromatic carbocycles. The molecule has 4 aromatic rings. The highest BCUT2D eigenvalue weighted by atomic mass is 19.1. The summed E-state index contributed by atoms with van der Waals surface area (Å²) in [6.45, 7) is 12.7. The summed E-state index contributed by atoms with van der Waals surface area (Å²) in [5.41, 5.74) is 9.16. The van der Waals surface area contributed by atoms with Crippen molar-refractivity contribution in [2.75, 3.05) is 0 Å². The molecule has 0 saturated heterocycles. The number of aromatic nitrogens is 2. The van der Waals surface area contributed by atoms with Gasteiger partial charge in [0.15, 0.2) is 5.82 Å². The summed E-state index contributed by atoms with van der Waals surface area (Å²) in [5, 5.41) is 0. The first kappa shape index (κ1) is 23.9. The molecule has 0 N–H and O–H groups in total. The molecule has 2 nitrogen and oxygen atoms in total. The Morgan fingerprint density at radius 3 is 1.91 bits per heavy atom. The zero-order chi connectivity index (χ0) is 24.7. The normalized spacial score (nSPS) is 11.6. The highest BCUT2D eigenvalue weighted by molar-refractivity contribution is 5.79. The van der Waals surface area contributed by atoms with Gasteiger partial charge >= 0.3 is 0 Å². The van der Waals surface area contributed by atoms with E-state index < -0.39 is 11.6 Å². The third-order valence-corrected chi connectivity index (χ3v) is 6.72. The molecule has 0 aliphatic heterocycles. The largest absolute Gasteiger partial charge is 0.274 e. The number of rotatable bonds is 5. The molecule has 34 heavy (non-hydrogen) atoms. The maximum Gasteiger partial charge on any atom is 0.274 e. The highest BCUT2D eigenvalue weighted by Gasteiger charge is 2.29. The molecule has 0 radical (unpaired) electrons. The molecule has 0 saturated carbocycles. The van der Waals surface area contributed by atoms with Gasteiger partial charge in [0.1, 0.15) is 5.82 Å². The van der Waals surface area contributed by atoms with Crippen LogP contribution >= 0.6 is 0 Å². The van der Waals surface area contributed by atoms with E-state index in [1.807, 2.05) is 24.0 Å². The van der Waals surface area contributed by atoms with Crippen molar-refractivity contribution in [1.82, 2.24) is 4.68 Å². The molecule has 0 spiro atoms. The van der Waals surface area contributed by atoms with E-state index in [0.29, 0.717) is 23.1 Å². The minimum atomic E-state index is -0.567. The smallest absolute Gasteiger partial charge is 0.207 e. The second kappa shape index (κ2) is 9.17. The fourth-order valence-electron chi connectivity index (χ4n) is 4.79. The van der Waals surface area contributed by atoms with Gasteiger partial charge in [-0.3, -0.25) is 0 Å². The number of nitrogens with zero attached hydrogens (tertiary/aromatic N) is 2. The van der Waals surface area contributed by atoms with Crippen LogP contribution in [-0.2, 0) is 7.05 Å². The van der Waals surface area contributed by atoms with Gasteiger partial charge in [-0.15, -0.1) is 0 Å². The van der Waals surface area contributed by atoms with E-state index in [9.17, 15) is 8.78 Å². The van der Waals surface area contributed by atoms with E-state index >= 15 is 0 Å². The standard InChI is InChI=1S/C30H33F2N2/c1-18(2)25-14-23(22-11-9-8-10-12-22)15-26(19(3)4)29(25)27-17-34(33(7)21(27)6)30-20(5)13-24(31)16-28(30)32/h8-19H,1-7H3/q+1. The lowest BCUT2D eigenvalue weighted by atomic mass is 9.82. The van der Waals surface area contributed by atoms with Crippen molar-refractivity contribution >= 4 is 0 Å². The lowest BCUT2D eigenvalue weighted by Gasteiger charge is -2.21. The number of halogens is 2. The monoisotopic (exact) mass is 459 g/mol. The van der Waals surface area contributed by atoms with Gasteiger partial charge in [0, 0.05) is 11.6 Å². The van der Waals surface area contributed by atoms with Gasteiger partial charge in [-0.2, -0.15) is 9.07 Å². The van der Waals surface area contributed by atoms with Crippen LogP contribution in [0, 0.1) is 25.5 Å². The fourth-order valence-corrected chi connectivity index (χ4v) is 4.79. The van der Waals surface area contributed by atoms with Crippen LogP contribution < -0.4 is 4.68 Å². The molecule has 0 aliphatic rings. The van der Waals surface area contributed by atoms with Gasteiger partial charge in [-0.05, 0) is 59.6 Å². The van der Waals surface area contributed by atoms with E-state index in [1.165, 1.54) is 33.9 Å². The molecule has 0 atom stereocenters. The summed E-state index contributed by atoms with van der Waals surface area (Å²) in [5.74, 6) is -0.532. The van der Waals surface area contributed by atoms with Crippen molar-refractivity contribution in [3.05, 3.63) is 94.8 Å². The molecule has 4 heteroatoms. The first-order valence-corrected chi connectivity index (χ1v) is 11.9. The minimum absolute atomic E-state index is 0.300. The summed E-state index contributed by atoms with van der Waals surface area (Å²) >= 11 is 0. The minimum Gasteiger partial charge on any atom is -0.207 e. The first-order valence-electron chi connectivity index (χ1n) is 11.9. The molecular formula is C30H33F2N2+. The summed E-state index contributed by atoms with van der Waals surface area (Å²) in [7, 11) is 1.92. The third kappa shape index (κ3) is 4.18. The van der Waals surface area contributed by atoms with Crippen molar-refractivity contribution in [3.63, 3.8) is 0 Å². The number of aryl methyl sites for hydroxylation is 1. The quantitative estimate of drug-likeness (QED) is 0.270. The van der Waals surface area contributed by atoms with Crippen LogP contribution in [0.3, 0.4) is 0 Å². The summed E-state index contributed by atoms with van der Waals surface area (Å²) in [6.07, 6.45) is 1.99. The Labute approximate surface area is 201 Å². The van der Waals surface area contributed by atoms with Crippen LogP contribution in [0.1, 0.15) is 61.9 Å². The van der Waals surface area contributed by atoms with Crippen LogP contribution in [0.25, 0.3) is 27.9 Å². The summed E-state index contributed by atoms with van der Waals surface area (Å²) in [4.78, 5) is 0. The SMILES string of the molecule is Cc1cc(F)cc(F)c1-[n+]1cc(-c2c(C(C)C)cc(-c3ccccc3)cc2C(C)C)c(C)n1C. The molecule has 1 aromatic heterocycles. The van der Waals surface area contributed by atoms with E-state index in [1.54, 1.807) is 11.6 Å². The Morgan fingerprint density at radius 2 is 1.38 bits per heavy atom. The zero-order valence-electron chi connectivity index (χ0n) is 21.1. The van der Waals surface area contributed by atoms with Crippen LogP contribution in [0.15, 0.2) is 60.8 Å². The van der Waals surface area contributed by atoms with Crippen molar-refractivity contribution in [3.8, 4) is 27.9 Å². The summed E-state index contributed by atoms with van der Waals surface area (Å²) in [6, 6.07) is 17.4. The molecule has 0 aliphatic carbocycles. The molecule has 4 rings (SSSR count). The molecule has 176 valence electrons. The average molecular weight is 460 g/mol. The fraction of sp³-hybridized carbons (Fsp3) is 0.300. The van der Waals surface area contributed by atoms with Crippen LogP contribution in [0.2, 0.25) is 0 Å². The second-order valence-electron chi connectivity index (χ2n) is 9.75. The second-order valence-corrected chi connectivity index (χ2v) is 9.75. The molecule has 0 fully saturated rings. The molecule has 0 bridgehead atoms. The van der Waals surface area contributed by atoms with Crippen LogP contribution in [0.4, 0.5) is 8.78 Å². The lowest BCUT2D eigenvalue weighted by molar-refractivity contribution is -0.684. The Morgan fingerprint density at radius 1 is 0.794 bits per heavy atom. The highest BCUT2D eigenvalue weighted by Crippen LogP contribution is 2.40. The van der Waals surface area contributed by atoms with Crippen molar-refractivity contribution in [2.24, 2.45) is 7.05 Å². The van der Waals surface area contributed by atoms with Crippen molar-refractivity contribution < 1.29 is 13.5 Å². The van der Waals surface area contributed by atoms with Gasteiger partial charge in [-0.1, -0.05) is 74.8 Å². The van der Waals surface area contributed by atoms with Gasteiger partial charge in [0.2, 0.25) is 6.20 Å². The number of hydrogen-bond donors (Lipinski definition) is 0. The number of hydrogen-bond acceptors (Lipinski definition) is 0. The topological polar surface area (TPSA) is 8.81 Å². The van der Waals surface area contributed by atoms with Gasteiger partial charge in [0.25, 0.3) is 5.69 Å². The Hall–Kier alpha value is -3.27. The van der Waals surface area contributed by atoms with Crippen molar-refractivity contribution in [1.29, 1.82) is 0 Å². The Balaban J connectivity index is 2.01. The van der Waals surface area contributed by atoms with E-state index in [2.05, 4.69) is 71.0 Å². The van der Waals surface area contributed by atoms with Gasteiger partial charge in [-0.25, -0.2) is 4.39 Å². The van der Waals surface area contributed by atoms with Gasteiger partial charge < -0.3 is 0 Å². The van der Waals surface area contributed by atoms with Crippen molar-refractivity contribution in [2.45, 2.75) is 53.4 Å². The van der Waals surface area contributed by atoms with Crippen LogP contribution in [-0.4, -0.2) is 4.68 Å². The van der Waals surface area contributed by atoms with Crippen LogP contribution in [0.5, 0.6) is 0 Å². The van der Waals surface area contributed by atoms with E-state index in [0.717, 1.165) is 17.3 Å². The van der Waals surface area contributed by atoms with E-state index in [4.69, 9.17) is 0 Å². The molecular weight excluding hydrogens is 426 g/mol. The van der Waals surface area contributed by atoms with Gasteiger partial charge in [0.05, 0.1) is 18.3 Å². The third-order valence-electron chi connectivity index (χ3n) is 6.72. The maximum atomic E-state index is 14.9. The first-order chi connectivity index (χ1) is 16.1. The molecule has 1 heterocycles.